The van der Waals surface area contributed by atoms with Crippen LogP contribution >= 0.6 is 27.5 Å². The molecule has 2 aromatic heterocycles. The van der Waals surface area contributed by atoms with Crippen LogP contribution in [-0.4, -0.2) is 20.7 Å². The van der Waals surface area contributed by atoms with Gasteiger partial charge in [0.1, 0.15) is 18.2 Å². The molecule has 0 saturated heterocycles. The molecule has 26 heavy (non-hydrogen) atoms. The van der Waals surface area contributed by atoms with Crippen molar-refractivity contribution in [3.05, 3.63) is 69.9 Å². The molecule has 2 heterocycles. The van der Waals surface area contributed by atoms with E-state index in [0.717, 1.165) is 15.4 Å². The Morgan fingerprint density at radius 3 is 2.88 bits per heavy atom. The summed E-state index contributed by atoms with van der Waals surface area (Å²) in [4.78, 5) is 16.8. The van der Waals surface area contributed by atoms with E-state index in [2.05, 4.69) is 31.3 Å². The number of benzene rings is 2. The minimum atomic E-state index is -0.363. The quantitative estimate of drug-likeness (QED) is 0.496. The van der Waals surface area contributed by atoms with Crippen LogP contribution in [0.5, 0.6) is 0 Å². The Morgan fingerprint density at radius 2 is 2.12 bits per heavy atom. The summed E-state index contributed by atoms with van der Waals surface area (Å²) in [6, 6.07) is 10.7. The lowest BCUT2D eigenvalue weighted by Crippen LogP contribution is -2.14. The first-order chi connectivity index (χ1) is 12.5. The number of fused-ring (bicyclic) bond motifs is 1. The number of carbonyl (C=O) groups excluding carboxylic acids is 1. The Hall–Kier alpha value is -2.64. The van der Waals surface area contributed by atoms with Gasteiger partial charge in [-0.25, -0.2) is 9.67 Å². The van der Waals surface area contributed by atoms with Gasteiger partial charge in [0.15, 0.2) is 5.76 Å². The first-order valence-electron chi connectivity index (χ1n) is 7.67. The number of amides is 1. The van der Waals surface area contributed by atoms with Gasteiger partial charge in [-0.2, -0.15) is 5.10 Å². The van der Waals surface area contributed by atoms with Crippen molar-refractivity contribution in [2.45, 2.75) is 6.92 Å². The predicted molar refractivity (Wildman–Crippen MR) is 103 cm³/mol. The van der Waals surface area contributed by atoms with E-state index in [9.17, 15) is 4.79 Å². The van der Waals surface area contributed by atoms with E-state index in [1.165, 1.54) is 6.33 Å². The fraction of sp³-hybridized carbons (Fsp3) is 0.0556. The lowest BCUT2D eigenvalue weighted by Gasteiger charge is -2.10. The number of rotatable bonds is 3. The Labute approximate surface area is 161 Å². The molecule has 8 heteroatoms. The first kappa shape index (κ1) is 16.8. The summed E-state index contributed by atoms with van der Waals surface area (Å²) in [6.45, 7) is 1.85. The molecule has 130 valence electrons. The molecule has 0 saturated carbocycles. The van der Waals surface area contributed by atoms with E-state index >= 15 is 0 Å². The lowest BCUT2D eigenvalue weighted by atomic mass is 10.1. The zero-order valence-electron chi connectivity index (χ0n) is 13.5. The maximum atomic E-state index is 12.8. The Morgan fingerprint density at radius 1 is 1.27 bits per heavy atom. The van der Waals surface area contributed by atoms with Crippen molar-refractivity contribution in [3.8, 4) is 5.69 Å². The first-order valence-corrected chi connectivity index (χ1v) is 8.84. The number of aromatic nitrogens is 3. The summed E-state index contributed by atoms with van der Waals surface area (Å²) < 4.78 is 8.22. The number of hydrogen-bond donors (Lipinski definition) is 1. The van der Waals surface area contributed by atoms with Gasteiger partial charge in [0.05, 0.1) is 11.4 Å². The normalized spacial score (nSPS) is 11.0. The van der Waals surface area contributed by atoms with Crippen molar-refractivity contribution >= 4 is 50.1 Å². The fourth-order valence-corrected chi connectivity index (χ4v) is 3.26. The van der Waals surface area contributed by atoms with Gasteiger partial charge >= 0.3 is 0 Å². The monoisotopic (exact) mass is 430 g/mol. The number of hydrogen-bond acceptors (Lipinski definition) is 4. The summed E-state index contributed by atoms with van der Waals surface area (Å²) in [5, 5.41) is 8.33. The maximum Gasteiger partial charge on any atom is 0.291 e. The Kier molecular flexibility index (Phi) is 4.26. The van der Waals surface area contributed by atoms with E-state index in [0.29, 0.717) is 22.0 Å². The molecule has 4 aromatic rings. The highest BCUT2D eigenvalue weighted by Crippen LogP contribution is 2.30. The second-order valence-corrected chi connectivity index (χ2v) is 7.00. The van der Waals surface area contributed by atoms with Crippen LogP contribution in [0.15, 0.2) is 57.9 Å². The van der Waals surface area contributed by atoms with Crippen molar-refractivity contribution in [3.63, 3.8) is 0 Å². The summed E-state index contributed by atoms with van der Waals surface area (Å²) in [7, 11) is 0. The fourth-order valence-electron chi connectivity index (χ4n) is 2.73. The van der Waals surface area contributed by atoms with Gasteiger partial charge < -0.3 is 9.73 Å². The number of anilines is 1. The van der Waals surface area contributed by atoms with E-state index in [4.69, 9.17) is 16.0 Å². The molecule has 0 aliphatic carbocycles. The minimum absolute atomic E-state index is 0.252. The van der Waals surface area contributed by atoms with Gasteiger partial charge in [-0.15, -0.1) is 0 Å². The van der Waals surface area contributed by atoms with Gasteiger partial charge in [0.2, 0.25) is 0 Å². The highest BCUT2D eigenvalue weighted by atomic mass is 79.9. The molecule has 6 nitrogen and oxygen atoms in total. The van der Waals surface area contributed by atoms with Gasteiger partial charge in [-0.05, 0) is 43.3 Å². The van der Waals surface area contributed by atoms with E-state index < -0.39 is 0 Å². The summed E-state index contributed by atoms with van der Waals surface area (Å²) >= 11 is 9.53. The van der Waals surface area contributed by atoms with Crippen LogP contribution in [-0.2, 0) is 0 Å². The molecular formula is C18H12BrClN4O2. The standard InChI is InChI=1S/C18H12BrClN4O2/c1-10-13-6-11(19)2-5-16(13)26-17(10)18(25)23-14-7-12(20)3-4-15(14)24-9-21-8-22-24/h2-9H,1H3,(H,23,25). The van der Waals surface area contributed by atoms with Crippen molar-refractivity contribution in [2.24, 2.45) is 0 Å². The zero-order chi connectivity index (χ0) is 18.3. The van der Waals surface area contributed by atoms with Gasteiger partial charge in [0.25, 0.3) is 5.91 Å². The molecule has 0 aliphatic rings. The van der Waals surface area contributed by atoms with Crippen LogP contribution in [0.2, 0.25) is 5.02 Å². The average Bonchev–Trinajstić information content (AvgIpc) is 3.24. The van der Waals surface area contributed by atoms with Gasteiger partial charge in [0, 0.05) is 20.4 Å². The minimum Gasteiger partial charge on any atom is -0.451 e. The molecule has 0 atom stereocenters. The SMILES string of the molecule is Cc1c(C(=O)Nc2cc(Cl)ccc2-n2cncn2)oc2ccc(Br)cc12. The molecule has 0 aliphatic heterocycles. The highest BCUT2D eigenvalue weighted by Gasteiger charge is 2.19. The number of carbonyl (C=O) groups is 1. The van der Waals surface area contributed by atoms with Crippen LogP contribution in [0.1, 0.15) is 16.1 Å². The maximum absolute atomic E-state index is 12.8. The number of aryl methyl sites for hydroxylation is 1. The molecule has 0 unspecified atom stereocenters. The second kappa shape index (κ2) is 6.59. The third kappa shape index (κ3) is 3.00. The molecule has 1 amide bonds. The number of nitrogens with one attached hydrogen (secondary N) is 1. The molecule has 2 aromatic carbocycles. The van der Waals surface area contributed by atoms with Crippen molar-refractivity contribution in [1.82, 2.24) is 14.8 Å². The molecule has 0 fully saturated rings. The summed E-state index contributed by atoms with van der Waals surface area (Å²) in [6.07, 6.45) is 2.96. The second-order valence-electron chi connectivity index (χ2n) is 5.65. The van der Waals surface area contributed by atoms with Crippen LogP contribution < -0.4 is 5.32 Å². The Balaban J connectivity index is 1.73. The van der Waals surface area contributed by atoms with Crippen LogP contribution in [0.25, 0.3) is 16.7 Å². The highest BCUT2D eigenvalue weighted by molar-refractivity contribution is 9.10. The van der Waals surface area contributed by atoms with E-state index in [1.54, 1.807) is 29.2 Å². The molecule has 0 radical (unpaired) electrons. The molecule has 1 N–H and O–H groups in total. The molecule has 4 rings (SSSR count). The third-order valence-corrected chi connectivity index (χ3v) is 4.71. The predicted octanol–water partition coefficient (Wildman–Crippen LogP) is 4.99. The summed E-state index contributed by atoms with van der Waals surface area (Å²) in [5.41, 5.74) is 2.58. The number of nitrogens with zero attached hydrogens (tertiary/aromatic N) is 3. The molecule has 0 bridgehead atoms. The smallest absolute Gasteiger partial charge is 0.291 e. The number of furan rings is 1. The van der Waals surface area contributed by atoms with Crippen molar-refractivity contribution in [1.29, 1.82) is 0 Å². The summed E-state index contributed by atoms with van der Waals surface area (Å²) in [5.74, 6) is -0.110. The average molecular weight is 432 g/mol. The van der Waals surface area contributed by atoms with Crippen molar-refractivity contribution in [2.75, 3.05) is 5.32 Å². The largest absolute Gasteiger partial charge is 0.451 e. The lowest BCUT2D eigenvalue weighted by molar-refractivity contribution is 0.0998. The number of halogens is 2. The van der Waals surface area contributed by atoms with Crippen LogP contribution in [0.4, 0.5) is 5.69 Å². The van der Waals surface area contributed by atoms with Crippen LogP contribution in [0, 0.1) is 6.92 Å². The zero-order valence-corrected chi connectivity index (χ0v) is 15.9. The van der Waals surface area contributed by atoms with Gasteiger partial charge in [-0.1, -0.05) is 27.5 Å². The van der Waals surface area contributed by atoms with Crippen LogP contribution in [0.3, 0.4) is 0 Å². The van der Waals surface area contributed by atoms with E-state index in [-0.39, 0.29) is 11.7 Å². The van der Waals surface area contributed by atoms with Gasteiger partial charge in [-0.3, -0.25) is 4.79 Å². The molecule has 0 spiro atoms. The Bertz CT molecular complexity index is 1120. The molecular weight excluding hydrogens is 420 g/mol. The van der Waals surface area contributed by atoms with Crippen molar-refractivity contribution < 1.29 is 9.21 Å². The van der Waals surface area contributed by atoms with E-state index in [1.807, 2.05) is 25.1 Å². The third-order valence-electron chi connectivity index (χ3n) is 3.98. The topological polar surface area (TPSA) is 73.0 Å².